The highest BCUT2D eigenvalue weighted by Crippen LogP contribution is 2.30. The van der Waals surface area contributed by atoms with Crippen molar-refractivity contribution >= 4 is 39.0 Å². The number of benzene rings is 2. The highest BCUT2D eigenvalue weighted by Gasteiger charge is 2.16. The lowest BCUT2D eigenvalue weighted by Gasteiger charge is -2.11. The first-order valence-electron chi connectivity index (χ1n) is 7.33. The normalized spacial score (nSPS) is 12.1. The molecule has 0 aliphatic heterocycles. The van der Waals surface area contributed by atoms with Crippen molar-refractivity contribution in [3.63, 3.8) is 0 Å². The summed E-state index contributed by atoms with van der Waals surface area (Å²) in [6.07, 6.45) is 2.88. The summed E-state index contributed by atoms with van der Waals surface area (Å²) in [6.45, 7) is 0. The molecule has 0 aromatic heterocycles. The summed E-state index contributed by atoms with van der Waals surface area (Å²) in [5.74, 6) is -0.172. The molecule has 0 N–H and O–H groups in total. The van der Waals surface area contributed by atoms with Gasteiger partial charge in [0.15, 0.2) is 9.84 Å². The van der Waals surface area contributed by atoms with Crippen LogP contribution in [-0.4, -0.2) is 39.5 Å². The number of thioether (sulfide) groups is 1. The zero-order valence-corrected chi connectivity index (χ0v) is 16.5. The molecule has 0 aliphatic rings. The number of hydrogen-bond donors (Lipinski definition) is 0. The minimum atomic E-state index is -3.29. The minimum Gasteiger partial charge on any atom is -0.382 e. The number of allylic oxidation sites excluding steroid dienone is 1. The third kappa shape index (κ3) is 5.63. The maximum Gasteiger partial charge on any atom is 0.201 e. The topological polar surface area (TPSA) is 54.5 Å². The van der Waals surface area contributed by atoms with E-state index >= 15 is 0 Å². The molecule has 7 heteroatoms. The van der Waals surface area contributed by atoms with Crippen LogP contribution < -0.4 is 0 Å². The number of nitrogens with zero attached hydrogens (tertiary/aromatic N) is 1. The fourth-order valence-electron chi connectivity index (χ4n) is 1.99. The molecule has 0 saturated carbocycles. The number of halogens is 1. The molecule has 2 rings (SSSR count). The number of sulfone groups is 1. The van der Waals surface area contributed by atoms with Gasteiger partial charge in [-0.1, -0.05) is 23.4 Å². The van der Waals surface area contributed by atoms with Crippen molar-refractivity contribution in [2.45, 2.75) is 9.79 Å². The number of ketones is 1. The van der Waals surface area contributed by atoms with E-state index in [1.165, 1.54) is 36.0 Å². The number of carbonyl (C=O) groups is 1. The predicted octanol–water partition coefficient (Wildman–Crippen LogP) is 4.12. The Morgan fingerprint density at radius 1 is 1.04 bits per heavy atom. The third-order valence-corrected chi connectivity index (χ3v) is 5.58. The Labute approximate surface area is 157 Å². The molecule has 0 spiro atoms. The summed E-state index contributed by atoms with van der Waals surface area (Å²) >= 11 is 7.23. The van der Waals surface area contributed by atoms with Crippen molar-refractivity contribution in [2.24, 2.45) is 0 Å². The molecule has 0 heterocycles. The van der Waals surface area contributed by atoms with Crippen molar-refractivity contribution in [2.75, 3.05) is 20.4 Å². The molecule has 0 fully saturated rings. The van der Waals surface area contributed by atoms with Crippen molar-refractivity contribution in [1.82, 2.24) is 4.90 Å². The van der Waals surface area contributed by atoms with E-state index in [0.29, 0.717) is 15.5 Å². The summed E-state index contributed by atoms with van der Waals surface area (Å²) in [6, 6.07) is 13.2. The van der Waals surface area contributed by atoms with Crippen molar-refractivity contribution in [3.8, 4) is 0 Å². The average Bonchev–Trinajstić information content (AvgIpc) is 2.54. The molecule has 0 saturated heterocycles. The van der Waals surface area contributed by atoms with Crippen LogP contribution in [0.5, 0.6) is 0 Å². The van der Waals surface area contributed by atoms with Crippen LogP contribution >= 0.6 is 23.4 Å². The molecule has 0 amide bonds. The first-order chi connectivity index (χ1) is 11.7. The molecule has 0 aliphatic carbocycles. The molecule has 0 atom stereocenters. The second kappa shape index (κ2) is 8.08. The zero-order valence-electron chi connectivity index (χ0n) is 14.1. The van der Waals surface area contributed by atoms with Gasteiger partial charge in [-0.3, -0.25) is 4.79 Å². The maximum atomic E-state index is 12.8. The molecule has 25 heavy (non-hydrogen) atoms. The molecule has 0 radical (unpaired) electrons. The SMILES string of the molecule is CN(C)C=C(Sc1ccc(Cl)cc1)C(=O)c1ccc(S(C)(=O)=O)cc1. The van der Waals surface area contributed by atoms with Crippen molar-refractivity contribution in [1.29, 1.82) is 0 Å². The predicted molar refractivity (Wildman–Crippen MR) is 103 cm³/mol. The van der Waals surface area contributed by atoms with Crippen LogP contribution in [0.2, 0.25) is 5.02 Å². The molecule has 132 valence electrons. The van der Waals surface area contributed by atoms with E-state index in [1.54, 1.807) is 23.2 Å². The van der Waals surface area contributed by atoms with Gasteiger partial charge in [0.25, 0.3) is 0 Å². The Hall–Kier alpha value is -1.76. The van der Waals surface area contributed by atoms with Gasteiger partial charge < -0.3 is 4.90 Å². The number of hydrogen-bond acceptors (Lipinski definition) is 5. The average molecular weight is 396 g/mol. The molecule has 4 nitrogen and oxygen atoms in total. The van der Waals surface area contributed by atoms with Crippen LogP contribution in [0.4, 0.5) is 0 Å². The largest absolute Gasteiger partial charge is 0.382 e. The van der Waals surface area contributed by atoms with Crippen LogP contribution in [0.25, 0.3) is 0 Å². The van der Waals surface area contributed by atoms with E-state index < -0.39 is 9.84 Å². The van der Waals surface area contributed by atoms with Crippen LogP contribution in [0, 0.1) is 0 Å². The van der Waals surface area contributed by atoms with E-state index in [0.717, 1.165) is 11.2 Å². The fraction of sp³-hybridized carbons (Fsp3) is 0.167. The van der Waals surface area contributed by atoms with Crippen molar-refractivity contribution < 1.29 is 13.2 Å². The van der Waals surface area contributed by atoms with Gasteiger partial charge in [-0.2, -0.15) is 0 Å². The lowest BCUT2D eigenvalue weighted by atomic mass is 10.1. The van der Waals surface area contributed by atoms with Gasteiger partial charge in [0.1, 0.15) is 0 Å². The third-order valence-electron chi connectivity index (χ3n) is 3.19. The van der Waals surface area contributed by atoms with Gasteiger partial charge in [0, 0.05) is 42.0 Å². The van der Waals surface area contributed by atoms with Crippen molar-refractivity contribution in [3.05, 3.63) is 70.2 Å². The Morgan fingerprint density at radius 2 is 1.60 bits per heavy atom. The van der Waals surface area contributed by atoms with Crippen LogP contribution in [0.1, 0.15) is 10.4 Å². The summed E-state index contributed by atoms with van der Waals surface area (Å²) in [4.78, 5) is 16.2. The maximum absolute atomic E-state index is 12.8. The number of carbonyl (C=O) groups excluding carboxylic acids is 1. The second-order valence-corrected chi connectivity index (χ2v) is 9.21. The second-order valence-electron chi connectivity index (χ2n) is 5.64. The van der Waals surface area contributed by atoms with Gasteiger partial charge in [-0.25, -0.2) is 8.42 Å². The number of Topliss-reactive ketones (excluding diaryl/α,β-unsaturated/α-hetero) is 1. The lowest BCUT2D eigenvalue weighted by molar-refractivity contribution is 0.104. The highest BCUT2D eigenvalue weighted by atomic mass is 35.5. The molecule has 0 bridgehead atoms. The molecule has 2 aromatic rings. The van der Waals surface area contributed by atoms with Gasteiger partial charge >= 0.3 is 0 Å². The molecule has 2 aromatic carbocycles. The quantitative estimate of drug-likeness (QED) is 0.418. The molecular weight excluding hydrogens is 378 g/mol. The monoisotopic (exact) mass is 395 g/mol. The van der Waals surface area contributed by atoms with Gasteiger partial charge in [-0.05, 0) is 48.5 Å². The van der Waals surface area contributed by atoms with Crippen LogP contribution in [0.15, 0.2) is 69.4 Å². The number of rotatable bonds is 6. The smallest absolute Gasteiger partial charge is 0.201 e. The molecular formula is C18H18ClNO3S2. The van der Waals surface area contributed by atoms with Gasteiger partial charge in [-0.15, -0.1) is 0 Å². The van der Waals surface area contributed by atoms with Crippen LogP contribution in [-0.2, 0) is 9.84 Å². The summed E-state index contributed by atoms with van der Waals surface area (Å²) in [7, 11) is 0.383. The standard InChI is InChI=1S/C18H18ClNO3S2/c1-20(2)12-17(24-15-8-6-14(19)7-9-15)18(21)13-4-10-16(11-5-13)25(3,22)23/h4-12H,1-3H3. The zero-order chi connectivity index (χ0) is 18.6. The summed E-state index contributed by atoms with van der Waals surface area (Å²) in [5, 5.41) is 0.630. The van der Waals surface area contributed by atoms with E-state index in [-0.39, 0.29) is 10.7 Å². The van der Waals surface area contributed by atoms with E-state index in [9.17, 15) is 13.2 Å². The first kappa shape index (κ1) is 19.6. The Kier molecular flexibility index (Phi) is 6.32. The van der Waals surface area contributed by atoms with Gasteiger partial charge in [0.2, 0.25) is 5.78 Å². The summed E-state index contributed by atoms with van der Waals surface area (Å²) < 4.78 is 23.1. The van der Waals surface area contributed by atoms with E-state index in [1.807, 2.05) is 26.2 Å². The Morgan fingerprint density at radius 3 is 2.08 bits per heavy atom. The van der Waals surface area contributed by atoms with E-state index in [2.05, 4.69) is 0 Å². The summed E-state index contributed by atoms with van der Waals surface area (Å²) in [5.41, 5.74) is 0.432. The first-order valence-corrected chi connectivity index (χ1v) is 10.4. The Bertz CT molecular complexity index is 887. The molecule has 0 unspecified atom stereocenters. The van der Waals surface area contributed by atoms with Crippen LogP contribution in [0.3, 0.4) is 0 Å². The highest BCUT2D eigenvalue weighted by molar-refractivity contribution is 8.04. The minimum absolute atomic E-state index is 0.172. The van der Waals surface area contributed by atoms with E-state index in [4.69, 9.17) is 11.6 Å². The van der Waals surface area contributed by atoms with Gasteiger partial charge in [0.05, 0.1) is 9.80 Å². The fourth-order valence-corrected chi connectivity index (χ4v) is 3.75. The lowest BCUT2D eigenvalue weighted by Crippen LogP contribution is -2.08. The Balaban J connectivity index is 2.31.